The summed E-state index contributed by atoms with van der Waals surface area (Å²) in [5.41, 5.74) is 22.8. The summed E-state index contributed by atoms with van der Waals surface area (Å²) in [6.45, 7) is 2.63. The molecule has 2 rings (SSSR count). The Kier molecular flexibility index (Phi) is 14.7. The number of nitrogens with two attached hydrogens (primary N) is 4. The molecule has 3 atom stereocenters. The van der Waals surface area contributed by atoms with Gasteiger partial charge in [0.15, 0.2) is 17.9 Å². The quantitative estimate of drug-likeness (QED) is 0.0367. The second-order valence-corrected chi connectivity index (χ2v) is 10.6. The molecule has 0 aliphatic rings. The van der Waals surface area contributed by atoms with Crippen LogP contribution in [-0.2, 0) is 14.4 Å². The molecule has 0 radical (unpaired) electrons. The summed E-state index contributed by atoms with van der Waals surface area (Å²) in [5, 5.41) is 38.6. The Labute approximate surface area is 265 Å². The highest BCUT2D eigenvalue weighted by molar-refractivity contribution is 5.99. The van der Waals surface area contributed by atoms with Gasteiger partial charge < -0.3 is 59.3 Å². The molecular formula is C28H45N13O5. The summed E-state index contributed by atoms with van der Waals surface area (Å²) in [6, 6.07) is 3.12. The van der Waals surface area contributed by atoms with E-state index in [4.69, 9.17) is 43.6 Å². The predicted octanol–water partition coefficient (Wildman–Crippen LogP) is -1.87. The van der Waals surface area contributed by atoms with Gasteiger partial charge in [0.25, 0.3) is 0 Å². The van der Waals surface area contributed by atoms with E-state index < -0.39 is 41.5 Å². The van der Waals surface area contributed by atoms with Crippen molar-refractivity contribution in [1.29, 1.82) is 16.2 Å². The fraction of sp³-hybridized carbons (Fsp3) is 0.464. The van der Waals surface area contributed by atoms with Gasteiger partial charge in [-0.05, 0) is 63.1 Å². The third-order valence-corrected chi connectivity index (χ3v) is 6.80. The van der Waals surface area contributed by atoms with E-state index in [0.29, 0.717) is 42.4 Å². The molecule has 0 aliphatic heterocycles. The standard InChI is InChI=1S/C28H45N13O5/c1-15-13-22(42)46-21-14-16(8-9-17(15)21)39-24(44)19(6-3-11-37-27(32)33)41-25(45)20(7-4-12-38-28(34)35)40-23(43)18(29)5-2-10-36-26(30)31/h8-9,13-14,18-20H,2-7,10-12,29H2,1H3,(H,39,44)(H,40,43)(H,41,45)(H4,30,31,36)(H4,32,33,37)(H4,34,35,38)/t18-,19-,20-/m0/s1. The minimum atomic E-state index is -1.08. The number of benzene rings is 1. The van der Waals surface area contributed by atoms with Crippen molar-refractivity contribution in [1.82, 2.24) is 26.6 Å². The van der Waals surface area contributed by atoms with Gasteiger partial charge in [0.05, 0.1) is 6.04 Å². The van der Waals surface area contributed by atoms with E-state index >= 15 is 0 Å². The molecule has 0 saturated heterocycles. The van der Waals surface area contributed by atoms with Crippen molar-refractivity contribution in [3.63, 3.8) is 0 Å². The summed E-state index contributed by atoms with van der Waals surface area (Å²) in [5.74, 6) is -2.47. The minimum absolute atomic E-state index is 0.139. The molecule has 2 aromatic rings. The molecule has 0 saturated carbocycles. The van der Waals surface area contributed by atoms with Crippen LogP contribution in [-0.4, -0.2) is 73.4 Å². The molecule has 18 heteroatoms. The molecule has 46 heavy (non-hydrogen) atoms. The Morgan fingerprint density at radius 2 is 1.26 bits per heavy atom. The van der Waals surface area contributed by atoms with Crippen molar-refractivity contribution >= 4 is 52.3 Å². The van der Waals surface area contributed by atoms with Crippen LogP contribution in [0.5, 0.6) is 0 Å². The van der Waals surface area contributed by atoms with Crippen molar-refractivity contribution in [3.05, 3.63) is 40.2 Å². The average Bonchev–Trinajstić information content (AvgIpc) is 2.97. The van der Waals surface area contributed by atoms with E-state index in [9.17, 15) is 19.2 Å². The lowest BCUT2D eigenvalue weighted by atomic mass is 10.1. The fourth-order valence-corrected chi connectivity index (χ4v) is 4.46. The van der Waals surface area contributed by atoms with Crippen molar-refractivity contribution in [2.24, 2.45) is 22.9 Å². The number of rotatable bonds is 18. The van der Waals surface area contributed by atoms with Gasteiger partial charge in [0.2, 0.25) is 17.7 Å². The number of amides is 3. The van der Waals surface area contributed by atoms with Gasteiger partial charge >= 0.3 is 5.63 Å². The van der Waals surface area contributed by atoms with Crippen LogP contribution in [0.3, 0.4) is 0 Å². The zero-order valence-electron chi connectivity index (χ0n) is 25.8. The van der Waals surface area contributed by atoms with Crippen LogP contribution in [0, 0.1) is 23.2 Å². The third-order valence-electron chi connectivity index (χ3n) is 6.80. The number of nitrogens with one attached hydrogen (secondary N) is 9. The average molecular weight is 644 g/mol. The number of fused-ring (bicyclic) bond motifs is 1. The molecule has 17 N–H and O–H groups in total. The fourth-order valence-electron chi connectivity index (χ4n) is 4.46. The maximum atomic E-state index is 13.5. The lowest BCUT2D eigenvalue weighted by molar-refractivity contribution is -0.131. The molecule has 3 amide bonds. The van der Waals surface area contributed by atoms with Gasteiger partial charge in [-0.3, -0.25) is 30.6 Å². The molecule has 0 bridgehead atoms. The molecule has 252 valence electrons. The highest BCUT2D eigenvalue weighted by Gasteiger charge is 2.28. The molecule has 18 nitrogen and oxygen atoms in total. The van der Waals surface area contributed by atoms with E-state index in [2.05, 4.69) is 31.9 Å². The summed E-state index contributed by atoms with van der Waals surface area (Å²) in [7, 11) is 0. The van der Waals surface area contributed by atoms with E-state index in [0.717, 1.165) is 0 Å². The number of carbonyl (C=O) groups is 3. The molecular weight excluding hydrogens is 598 g/mol. The molecule has 0 spiro atoms. The van der Waals surface area contributed by atoms with Gasteiger partial charge in [0, 0.05) is 42.8 Å². The van der Waals surface area contributed by atoms with Gasteiger partial charge in [-0.15, -0.1) is 0 Å². The summed E-state index contributed by atoms with van der Waals surface area (Å²) < 4.78 is 5.27. The first-order chi connectivity index (χ1) is 21.8. The first-order valence-corrected chi connectivity index (χ1v) is 14.7. The van der Waals surface area contributed by atoms with Crippen molar-refractivity contribution in [2.45, 2.75) is 63.6 Å². The number of hydrogen-bond donors (Lipinski definition) is 13. The summed E-state index contributed by atoms with van der Waals surface area (Å²) in [6.07, 6.45) is 1.68. The maximum absolute atomic E-state index is 13.5. The largest absolute Gasteiger partial charge is 0.423 e. The SMILES string of the molecule is Cc1cc(=O)oc2cc(NC(=O)[C@H](CCCNC(=N)N)NC(=O)[C@H](CCCNC(=N)N)NC(=O)[C@@H](N)CCCNC(=N)N)ccc12. The van der Waals surface area contributed by atoms with E-state index in [1.807, 2.05) is 0 Å². The molecule has 0 fully saturated rings. The lowest BCUT2D eigenvalue weighted by Gasteiger charge is -2.24. The zero-order chi connectivity index (χ0) is 34.2. The number of carbonyl (C=O) groups excluding carboxylic acids is 3. The Hall–Kier alpha value is -5.39. The van der Waals surface area contributed by atoms with Crippen LogP contribution < -0.4 is 60.5 Å². The maximum Gasteiger partial charge on any atom is 0.336 e. The van der Waals surface area contributed by atoms with Gasteiger partial charge in [-0.25, -0.2) is 4.79 Å². The van der Waals surface area contributed by atoms with Crippen molar-refractivity contribution < 1.29 is 18.8 Å². The Morgan fingerprint density at radius 3 is 1.80 bits per heavy atom. The first-order valence-electron chi connectivity index (χ1n) is 14.7. The third kappa shape index (κ3) is 13.1. The molecule has 0 aliphatic carbocycles. The lowest BCUT2D eigenvalue weighted by Crippen LogP contribution is -2.55. The Bertz CT molecular complexity index is 1460. The number of aryl methyl sites for hydroxylation is 1. The van der Waals surface area contributed by atoms with E-state index in [1.54, 1.807) is 19.1 Å². The highest BCUT2D eigenvalue weighted by atomic mass is 16.4. The molecule has 1 aromatic carbocycles. The smallest absolute Gasteiger partial charge is 0.336 e. The highest BCUT2D eigenvalue weighted by Crippen LogP contribution is 2.21. The van der Waals surface area contributed by atoms with Crippen molar-refractivity contribution in [3.8, 4) is 0 Å². The van der Waals surface area contributed by atoms with Crippen LogP contribution in [0.2, 0.25) is 0 Å². The van der Waals surface area contributed by atoms with Crippen LogP contribution in [0.25, 0.3) is 11.0 Å². The van der Waals surface area contributed by atoms with Crippen LogP contribution >= 0.6 is 0 Å². The summed E-state index contributed by atoms with van der Waals surface area (Å²) in [4.78, 5) is 51.7. The van der Waals surface area contributed by atoms with Gasteiger partial charge in [-0.2, -0.15) is 0 Å². The Balaban J connectivity index is 2.20. The van der Waals surface area contributed by atoms with Crippen LogP contribution in [0.4, 0.5) is 5.69 Å². The van der Waals surface area contributed by atoms with Gasteiger partial charge in [0.1, 0.15) is 17.7 Å². The number of guanidine groups is 3. The van der Waals surface area contributed by atoms with Gasteiger partial charge in [-0.1, -0.05) is 0 Å². The van der Waals surface area contributed by atoms with Crippen LogP contribution in [0.15, 0.2) is 33.5 Å². The second-order valence-electron chi connectivity index (χ2n) is 10.6. The van der Waals surface area contributed by atoms with E-state index in [-0.39, 0.29) is 55.8 Å². The zero-order valence-corrected chi connectivity index (χ0v) is 25.8. The first kappa shape index (κ1) is 36.8. The monoisotopic (exact) mass is 643 g/mol. The predicted molar refractivity (Wildman–Crippen MR) is 175 cm³/mol. The number of hydrogen-bond acceptors (Lipinski definition) is 9. The molecule has 0 unspecified atom stereocenters. The normalized spacial score (nSPS) is 12.7. The number of anilines is 1. The Morgan fingerprint density at radius 1 is 0.761 bits per heavy atom. The minimum Gasteiger partial charge on any atom is -0.423 e. The van der Waals surface area contributed by atoms with Crippen molar-refractivity contribution in [2.75, 3.05) is 25.0 Å². The van der Waals surface area contributed by atoms with Crippen LogP contribution in [0.1, 0.15) is 44.1 Å². The molecule has 1 aromatic heterocycles. The summed E-state index contributed by atoms with van der Waals surface area (Å²) >= 11 is 0. The molecule has 1 heterocycles. The topological polar surface area (TPSA) is 329 Å². The second kappa shape index (κ2) is 18.4. The van der Waals surface area contributed by atoms with E-state index in [1.165, 1.54) is 12.1 Å².